The van der Waals surface area contributed by atoms with Gasteiger partial charge < -0.3 is 10.4 Å². The minimum Gasteiger partial charge on any atom is -0.396 e. The maximum absolute atomic E-state index is 9.57. The van der Waals surface area contributed by atoms with Gasteiger partial charge >= 0.3 is 0 Å². The smallest absolute Gasteiger partial charge is 0.0499 e. The SMILES string of the molecule is CCC(CC)(CO)CN[C@@H](C)c1ccccc1Br. The maximum atomic E-state index is 9.57. The van der Waals surface area contributed by atoms with Crippen LogP contribution in [0.5, 0.6) is 0 Å². The fraction of sp³-hybridized carbons (Fsp3) is 0.600. The third-order valence-electron chi connectivity index (χ3n) is 3.99. The van der Waals surface area contributed by atoms with E-state index in [-0.39, 0.29) is 18.1 Å². The van der Waals surface area contributed by atoms with Gasteiger partial charge in [-0.2, -0.15) is 0 Å². The van der Waals surface area contributed by atoms with Gasteiger partial charge in [0.2, 0.25) is 0 Å². The van der Waals surface area contributed by atoms with Crippen molar-refractivity contribution in [2.24, 2.45) is 5.41 Å². The highest BCUT2D eigenvalue weighted by atomic mass is 79.9. The Morgan fingerprint density at radius 2 is 1.89 bits per heavy atom. The Labute approximate surface area is 119 Å². The van der Waals surface area contributed by atoms with Crippen LogP contribution in [0.4, 0.5) is 0 Å². The predicted molar refractivity (Wildman–Crippen MR) is 80.7 cm³/mol. The van der Waals surface area contributed by atoms with Crippen LogP contribution in [-0.2, 0) is 0 Å². The molecule has 102 valence electrons. The summed E-state index contributed by atoms with van der Waals surface area (Å²) in [6.45, 7) is 7.54. The van der Waals surface area contributed by atoms with Gasteiger partial charge in [0.25, 0.3) is 0 Å². The van der Waals surface area contributed by atoms with E-state index in [2.05, 4.69) is 60.2 Å². The highest BCUT2D eigenvalue weighted by molar-refractivity contribution is 9.10. The van der Waals surface area contributed by atoms with Gasteiger partial charge in [-0.25, -0.2) is 0 Å². The molecule has 1 aromatic rings. The molecule has 0 aromatic heterocycles. The lowest BCUT2D eigenvalue weighted by Crippen LogP contribution is -2.37. The van der Waals surface area contributed by atoms with Crippen molar-refractivity contribution >= 4 is 15.9 Å². The molecule has 2 N–H and O–H groups in total. The highest BCUT2D eigenvalue weighted by Gasteiger charge is 2.25. The van der Waals surface area contributed by atoms with Crippen LogP contribution < -0.4 is 5.32 Å². The first-order chi connectivity index (χ1) is 8.58. The second kappa shape index (κ2) is 7.27. The van der Waals surface area contributed by atoms with E-state index >= 15 is 0 Å². The van der Waals surface area contributed by atoms with Crippen LogP contribution in [0, 0.1) is 5.41 Å². The zero-order valence-electron chi connectivity index (χ0n) is 11.5. The molecule has 0 spiro atoms. The second-order valence-corrected chi connectivity index (χ2v) is 5.84. The van der Waals surface area contributed by atoms with E-state index in [1.807, 2.05) is 6.07 Å². The normalized spacial score (nSPS) is 13.6. The summed E-state index contributed by atoms with van der Waals surface area (Å²) in [6.07, 6.45) is 1.99. The van der Waals surface area contributed by atoms with E-state index in [0.717, 1.165) is 23.9 Å². The van der Waals surface area contributed by atoms with Crippen molar-refractivity contribution in [1.82, 2.24) is 5.32 Å². The molecule has 0 saturated heterocycles. The Morgan fingerprint density at radius 3 is 2.39 bits per heavy atom. The summed E-state index contributed by atoms with van der Waals surface area (Å²) in [4.78, 5) is 0. The monoisotopic (exact) mass is 313 g/mol. The number of halogens is 1. The van der Waals surface area contributed by atoms with Crippen LogP contribution in [-0.4, -0.2) is 18.3 Å². The summed E-state index contributed by atoms with van der Waals surface area (Å²) in [6, 6.07) is 8.55. The first-order valence-corrected chi connectivity index (χ1v) is 7.46. The van der Waals surface area contributed by atoms with Crippen molar-refractivity contribution in [2.75, 3.05) is 13.2 Å². The molecule has 0 aliphatic rings. The highest BCUT2D eigenvalue weighted by Crippen LogP contribution is 2.27. The average molecular weight is 314 g/mol. The third kappa shape index (κ3) is 3.81. The van der Waals surface area contributed by atoms with Crippen LogP contribution in [0.1, 0.15) is 45.2 Å². The van der Waals surface area contributed by atoms with Crippen molar-refractivity contribution in [3.8, 4) is 0 Å². The first-order valence-electron chi connectivity index (χ1n) is 6.67. The predicted octanol–water partition coefficient (Wildman–Crippen LogP) is 3.90. The summed E-state index contributed by atoms with van der Waals surface area (Å²) in [5, 5.41) is 13.1. The molecule has 0 unspecified atom stereocenters. The Morgan fingerprint density at radius 1 is 1.28 bits per heavy atom. The summed E-state index contributed by atoms with van der Waals surface area (Å²) >= 11 is 3.58. The van der Waals surface area contributed by atoms with E-state index in [4.69, 9.17) is 0 Å². The van der Waals surface area contributed by atoms with E-state index in [1.165, 1.54) is 5.56 Å². The molecular formula is C15H24BrNO. The van der Waals surface area contributed by atoms with Crippen LogP contribution in [0.15, 0.2) is 28.7 Å². The first kappa shape index (κ1) is 15.7. The molecular weight excluding hydrogens is 290 g/mol. The van der Waals surface area contributed by atoms with Gasteiger partial charge in [0.05, 0.1) is 0 Å². The van der Waals surface area contributed by atoms with E-state index in [1.54, 1.807) is 0 Å². The zero-order chi connectivity index (χ0) is 13.6. The molecule has 0 aliphatic carbocycles. The molecule has 0 bridgehead atoms. The topological polar surface area (TPSA) is 32.3 Å². The Kier molecular flexibility index (Phi) is 6.33. The quantitative estimate of drug-likeness (QED) is 0.800. The van der Waals surface area contributed by atoms with Gasteiger partial charge in [0.1, 0.15) is 0 Å². The zero-order valence-corrected chi connectivity index (χ0v) is 13.1. The lowest BCUT2D eigenvalue weighted by Gasteiger charge is -2.31. The lowest BCUT2D eigenvalue weighted by atomic mass is 9.83. The summed E-state index contributed by atoms with van der Waals surface area (Å²) in [7, 11) is 0. The Hall–Kier alpha value is -0.380. The molecule has 1 aromatic carbocycles. The summed E-state index contributed by atoms with van der Waals surface area (Å²) in [5.74, 6) is 0. The molecule has 2 nitrogen and oxygen atoms in total. The molecule has 0 amide bonds. The number of aliphatic hydroxyl groups is 1. The minimum absolute atomic E-state index is 0.00944. The van der Waals surface area contributed by atoms with Crippen molar-refractivity contribution in [1.29, 1.82) is 0 Å². The van der Waals surface area contributed by atoms with Crippen molar-refractivity contribution in [3.63, 3.8) is 0 Å². The molecule has 3 heteroatoms. The van der Waals surface area contributed by atoms with Gasteiger partial charge in [-0.05, 0) is 31.4 Å². The lowest BCUT2D eigenvalue weighted by molar-refractivity contribution is 0.110. The number of aliphatic hydroxyl groups excluding tert-OH is 1. The van der Waals surface area contributed by atoms with E-state index in [9.17, 15) is 5.11 Å². The molecule has 0 radical (unpaired) electrons. The second-order valence-electron chi connectivity index (χ2n) is 4.99. The molecule has 0 heterocycles. The van der Waals surface area contributed by atoms with Crippen molar-refractivity contribution < 1.29 is 5.11 Å². The van der Waals surface area contributed by atoms with Gasteiger partial charge in [-0.1, -0.05) is 48.0 Å². The molecule has 18 heavy (non-hydrogen) atoms. The average Bonchev–Trinajstić information content (AvgIpc) is 2.41. The molecule has 0 aliphatic heterocycles. The fourth-order valence-electron chi connectivity index (χ4n) is 2.09. The number of nitrogens with one attached hydrogen (secondary N) is 1. The molecule has 1 atom stereocenters. The third-order valence-corrected chi connectivity index (χ3v) is 4.71. The Balaban J connectivity index is 2.66. The van der Waals surface area contributed by atoms with Crippen LogP contribution in [0.2, 0.25) is 0 Å². The fourth-order valence-corrected chi connectivity index (χ4v) is 2.71. The number of rotatable bonds is 7. The van der Waals surface area contributed by atoms with Crippen LogP contribution >= 0.6 is 15.9 Å². The van der Waals surface area contributed by atoms with Crippen LogP contribution in [0.25, 0.3) is 0 Å². The van der Waals surface area contributed by atoms with Gasteiger partial charge in [0, 0.05) is 29.1 Å². The van der Waals surface area contributed by atoms with Gasteiger partial charge in [0.15, 0.2) is 0 Å². The molecule has 1 rings (SSSR count). The summed E-state index contributed by atoms with van der Waals surface area (Å²) in [5.41, 5.74) is 1.27. The summed E-state index contributed by atoms with van der Waals surface area (Å²) < 4.78 is 1.13. The molecule has 0 saturated carbocycles. The van der Waals surface area contributed by atoms with E-state index < -0.39 is 0 Å². The van der Waals surface area contributed by atoms with Crippen LogP contribution in [0.3, 0.4) is 0 Å². The number of hydrogen-bond acceptors (Lipinski definition) is 2. The molecule has 0 fully saturated rings. The van der Waals surface area contributed by atoms with Gasteiger partial charge in [-0.15, -0.1) is 0 Å². The van der Waals surface area contributed by atoms with Crippen molar-refractivity contribution in [2.45, 2.75) is 39.7 Å². The number of benzene rings is 1. The largest absolute Gasteiger partial charge is 0.396 e. The van der Waals surface area contributed by atoms with Gasteiger partial charge in [-0.3, -0.25) is 0 Å². The number of hydrogen-bond donors (Lipinski definition) is 2. The van der Waals surface area contributed by atoms with Crippen molar-refractivity contribution in [3.05, 3.63) is 34.3 Å². The van der Waals surface area contributed by atoms with E-state index in [0.29, 0.717) is 0 Å². The standard InChI is InChI=1S/C15H24BrNO/c1-4-15(5-2,11-18)10-17-12(3)13-8-6-7-9-14(13)16/h6-9,12,17-18H,4-5,10-11H2,1-3H3/t12-/m0/s1. The Bertz CT molecular complexity index is 355. The maximum Gasteiger partial charge on any atom is 0.0499 e. The minimum atomic E-state index is 0.00944.